The van der Waals surface area contributed by atoms with E-state index in [9.17, 15) is 19.2 Å². The maximum atomic E-state index is 14.2. The monoisotopic (exact) mass is 581 g/mol. The Hall–Kier alpha value is -5.29. The molecule has 0 aliphatic carbocycles. The number of anilines is 1. The lowest BCUT2D eigenvalue weighted by Crippen LogP contribution is -2.40. The molecule has 2 aromatic heterocycles. The average molecular weight is 582 g/mol. The van der Waals surface area contributed by atoms with Gasteiger partial charge in [-0.15, -0.1) is 6.58 Å². The number of hydrogen-bond acceptors (Lipinski definition) is 9. The third-order valence-corrected chi connectivity index (χ3v) is 8.05. The smallest absolute Gasteiger partial charge is 0.379 e. The summed E-state index contributed by atoms with van der Waals surface area (Å²) in [7, 11) is 1.26. The minimum absolute atomic E-state index is 0.0497. The molecule has 0 unspecified atom stereocenters. The molecule has 6 rings (SSSR count). The number of allylic oxidation sites excluding steroid dienone is 1. The minimum atomic E-state index is -0.908. The largest absolute Gasteiger partial charge is 0.466 e. The molecular weight excluding hydrogens is 558 g/mol. The number of benzene rings is 2. The lowest BCUT2D eigenvalue weighted by atomic mass is 9.96. The number of amides is 1. The normalized spacial score (nSPS) is 17.0. The van der Waals surface area contributed by atoms with Gasteiger partial charge in [-0.2, -0.15) is 0 Å². The Balaban J connectivity index is 1.51. The van der Waals surface area contributed by atoms with Gasteiger partial charge < -0.3 is 18.8 Å². The van der Waals surface area contributed by atoms with Crippen LogP contribution in [0.3, 0.4) is 0 Å². The minimum Gasteiger partial charge on any atom is -0.466 e. The highest BCUT2D eigenvalue weighted by atomic mass is 32.1. The SMILES string of the molecule is C=CCN1C(=O)/C(=c2\sc3n(c2=O)[C@H](c2ccc(OC(=O)c4ccco4)cc2)C(C(=O)OC)=C(C)N=3)c2ccccc21. The third kappa shape index (κ3) is 4.31. The van der Waals surface area contributed by atoms with Crippen molar-refractivity contribution in [1.82, 2.24) is 4.57 Å². The molecule has 4 heterocycles. The number of fused-ring (bicyclic) bond motifs is 2. The number of para-hydroxylation sites is 1. The lowest BCUT2D eigenvalue weighted by molar-refractivity contribution is -0.136. The maximum Gasteiger partial charge on any atom is 0.379 e. The van der Waals surface area contributed by atoms with Crippen molar-refractivity contribution in [1.29, 1.82) is 0 Å². The number of thiazole rings is 1. The molecule has 0 bridgehead atoms. The van der Waals surface area contributed by atoms with E-state index in [4.69, 9.17) is 13.9 Å². The van der Waals surface area contributed by atoms with E-state index >= 15 is 0 Å². The van der Waals surface area contributed by atoms with Gasteiger partial charge in [0.15, 0.2) is 4.80 Å². The van der Waals surface area contributed by atoms with Crippen LogP contribution >= 0.6 is 11.3 Å². The Bertz CT molecular complexity index is 1980. The van der Waals surface area contributed by atoms with Gasteiger partial charge in [0.05, 0.1) is 41.9 Å². The predicted molar refractivity (Wildman–Crippen MR) is 154 cm³/mol. The Kier molecular flexibility index (Phi) is 6.79. The van der Waals surface area contributed by atoms with Crippen LogP contribution in [0.1, 0.15) is 34.6 Å². The number of carbonyl (C=O) groups excluding carboxylic acids is 3. The van der Waals surface area contributed by atoms with Gasteiger partial charge in [0.2, 0.25) is 5.76 Å². The fourth-order valence-electron chi connectivity index (χ4n) is 5.14. The second kappa shape index (κ2) is 10.6. The number of esters is 2. The molecule has 0 N–H and O–H groups in total. The van der Waals surface area contributed by atoms with Crippen molar-refractivity contribution < 1.29 is 28.3 Å². The number of aromatic nitrogens is 1. The highest BCUT2D eigenvalue weighted by Gasteiger charge is 2.37. The molecule has 0 fully saturated rings. The topological polar surface area (TPSA) is 120 Å². The summed E-state index contributed by atoms with van der Waals surface area (Å²) in [6.07, 6.45) is 3.00. The lowest BCUT2D eigenvalue weighted by Gasteiger charge is -2.24. The third-order valence-electron chi connectivity index (χ3n) is 6.99. The zero-order chi connectivity index (χ0) is 29.5. The van der Waals surface area contributed by atoms with Crippen LogP contribution in [0.15, 0.2) is 105 Å². The zero-order valence-corrected chi connectivity index (χ0v) is 23.3. The predicted octanol–water partition coefficient (Wildman–Crippen LogP) is 3.12. The van der Waals surface area contributed by atoms with Crippen LogP contribution in [0.25, 0.3) is 5.57 Å². The summed E-state index contributed by atoms with van der Waals surface area (Å²) in [4.78, 5) is 59.6. The second-order valence-corrected chi connectivity index (χ2v) is 10.4. The summed E-state index contributed by atoms with van der Waals surface area (Å²) in [5, 5.41) is 0. The molecule has 2 aliphatic heterocycles. The van der Waals surface area contributed by atoms with Crippen molar-refractivity contribution in [2.24, 2.45) is 4.99 Å². The molecule has 0 radical (unpaired) electrons. The van der Waals surface area contributed by atoms with Crippen molar-refractivity contribution in [3.63, 3.8) is 0 Å². The van der Waals surface area contributed by atoms with Gasteiger partial charge in [0, 0.05) is 12.1 Å². The quantitative estimate of drug-likeness (QED) is 0.195. The molecule has 2 aliphatic rings. The van der Waals surface area contributed by atoms with Crippen molar-refractivity contribution in [2.75, 3.05) is 18.6 Å². The molecule has 1 atom stereocenters. The van der Waals surface area contributed by atoms with Gasteiger partial charge in [0.1, 0.15) is 10.3 Å². The van der Waals surface area contributed by atoms with E-state index in [2.05, 4.69) is 11.6 Å². The molecule has 4 aromatic rings. The van der Waals surface area contributed by atoms with E-state index in [1.807, 2.05) is 18.2 Å². The number of methoxy groups -OCH3 is 1. The Morgan fingerprint density at radius 1 is 1.07 bits per heavy atom. The molecular formula is C31H23N3O7S. The Morgan fingerprint density at radius 3 is 2.52 bits per heavy atom. The van der Waals surface area contributed by atoms with Crippen LogP contribution in [0.2, 0.25) is 0 Å². The number of carbonyl (C=O) groups is 3. The summed E-state index contributed by atoms with van der Waals surface area (Å²) in [6.45, 7) is 5.70. The molecule has 42 heavy (non-hydrogen) atoms. The molecule has 10 nitrogen and oxygen atoms in total. The fraction of sp³-hybridized carbons (Fsp3) is 0.129. The Morgan fingerprint density at radius 2 is 1.83 bits per heavy atom. The van der Waals surface area contributed by atoms with E-state index in [0.29, 0.717) is 27.3 Å². The molecule has 11 heteroatoms. The number of rotatable bonds is 6. The van der Waals surface area contributed by atoms with Gasteiger partial charge >= 0.3 is 11.9 Å². The van der Waals surface area contributed by atoms with Gasteiger partial charge in [0.25, 0.3) is 11.5 Å². The summed E-state index contributed by atoms with van der Waals surface area (Å²) in [5.74, 6) is -1.34. The first-order chi connectivity index (χ1) is 20.3. The van der Waals surface area contributed by atoms with Gasteiger partial charge in [-0.3, -0.25) is 14.2 Å². The standard InChI is InChI=1S/C31H23N3O7S/c1-4-15-33-21-9-6-5-8-20(21)24(27(33)35)26-28(36)34-25(23(30(38)39-3)17(2)32-31(34)42-26)18-11-13-19(14-12-18)41-29(37)22-10-7-16-40-22/h4-14,16,25H,1,15H2,2-3H3/b26-24-/t25-/m1/s1. The van der Waals surface area contributed by atoms with Gasteiger partial charge in [-0.1, -0.05) is 47.7 Å². The van der Waals surface area contributed by atoms with Gasteiger partial charge in [-0.05, 0) is 42.8 Å². The second-order valence-electron chi connectivity index (χ2n) is 9.43. The maximum absolute atomic E-state index is 14.2. The number of furan rings is 1. The molecule has 210 valence electrons. The van der Waals surface area contributed by atoms with Crippen molar-refractivity contribution in [3.05, 3.63) is 127 Å². The van der Waals surface area contributed by atoms with E-state index in [0.717, 1.165) is 11.3 Å². The van der Waals surface area contributed by atoms with E-state index < -0.39 is 23.5 Å². The zero-order valence-electron chi connectivity index (χ0n) is 22.5. The molecule has 2 aromatic carbocycles. The first-order valence-corrected chi connectivity index (χ1v) is 13.7. The number of hydrogen-bond donors (Lipinski definition) is 0. The molecule has 0 spiro atoms. The Labute approximate surface area is 242 Å². The van der Waals surface area contributed by atoms with Crippen LogP contribution in [0.4, 0.5) is 5.69 Å². The van der Waals surface area contributed by atoms with Crippen LogP contribution < -0.4 is 24.5 Å². The summed E-state index contributed by atoms with van der Waals surface area (Å²) >= 11 is 1.09. The summed E-state index contributed by atoms with van der Waals surface area (Å²) < 4.78 is 17.2. The number of ether oxygens (including phenoxy) is 2. The summed E-state index contributed by atoms with van der Waals surface area (Å²) in [5.41, 5.74) is 2.23. The van der Waals surface area contributed by atoms with Crippen molar-refractivity contribution >= 4 is 40.4 Å². The first kappa shape index (κ1) is 26.9. The number of nitrogens with zero attached hydrogens (tertiary/aromatic N) is 3. The first-order valence-electron chi connectivity index (χ1n) is 12.8. The molecule has 0 saturated heterocycles. The van der Waals surface area contributed by atoms with Crippen molar-refractivity contribution in [3.8, 4) is 5.75 Å². The summed E-state index contributed by atoms with van der Waals surface area (Å²) in [6, 6.07) is 15.8. The fourth-order valence-corrected chi connectivity index (χ4v) is 6.28. The van der Waals surface area contributed by atoms with Gasteiger partial charge in [-0.25, -0.2) is 14.6 Å². The average Bonchev–Trinajstić information content (AvgIpc) is 3.70. The highest BCUT2D eigenvalue weighted by molar-refractivity contribution is 7.07. The van der Waals surface area contributed by atoms with E-state index in [-0.39, 0.29) is 39.6 Å². The van der Waals surface area contributed by atoms with E-state index in [1.165, 1.54) is 24.0 Å². The van der Waals surface area contributed by atoms with Crippen LogP contribution in [0.5, 0.6) is 5.75 Å². The van der Waals surface area contributed by atoms with E-state index in [1.54, 1.807) is 54.3 Å². The molecule has 0 saturated carbocycles. The van der Waals surface area contributed by atoms with Crippen LogP contribution in [-0.2, 0) is 14.3 Å². The molecule has 1 amide bonds. The van der Waals surface area contributed by atoms with Crippen LogP contribution in [0, 0.1) is 0 Å². The van der Waals surface area contributed by atoms with Crippen molar-refractivity contribution in [2.45, 2.75) is 13.0 Å². The van der Waals surface area contributed by atoms with Crippen LogP contribution in [-0.4, -0.2) is 36.1 Å². The highest BCUT2D eigenvalue weighted by Crippen LogP contribution is 2.35.